The number of aromatic hydroxyl groups is 1. The van der Waals surface area contributed by atoms with Crippen LogP contribution < -0.4 is 5.56 Å². The van der Waals surface area contributed by atoms with Crippen LogP contribution >= 0.6 is 27.5 Å². The first-order valence-corrected chi connectivity index (χ1v) is 6.08. The van der Waals surface area contributed by atoms with Crippen molar-refractivity contribution >= 4 is 27.5 Å². The Hall–Kier alpha value is -1.33. The molecule has 0 aliphatic carbocycles. The average molecular weight is 316 g/mol. The van der Waals surface area contributed by atoms with Gasteiger partial charge >= 0.3 is 0 Å². The number of H-pyrrole nitrogens is 1. The number of nitrogens with one attached hydrogen (secondary N) is 1. The van der Waals surface area contributed by atoms with Gasteiger partial charge in [0.2, 0.25) is 5.88 Å². The van der Waals surface area contributed by atoms with E-state index >= 15 is 0 Å². The second kappa shape index (κ2) is 4.89. The third-order valence-corrected chi connectivity index (χ3v) is 2.94. The first-order valence-electron chi connectivity index (χ1n) is 4.76. The Morgan fingerprint density at radius 3 is 2.82 bits per heavy atom. The van der Waals surface area contributed by atoms with Crippen molar-refractivity contribution in [2.75, 3.05) is 0 Å². The molecule has 2 aromatic rings. The Bertz CT molecular complexity index is 613. The highest BCUT2D eigenvalue weighted by atomic mass is 79.9. The van der Waals surface area contributed by atoms with Gasteiger partial charge in [-0.2, -0.15) is 4.98 Å². The molecule has 0 saturated carbocycles. The Morgan fingerprint density at radius 1 is 1.47 bits per heavy atom. The van der Waals surface area contributed by atoms with Crippen LogP contribution in [0.2, 0.25) is 0 Å². The Morgan fingerprint density at radius 2 is 2.24 bits per heavy atom. The number of hydrogen-bond acceptors (Lipinski definition) is 3. The van der Waals surface area contributed by atoms with E-state index in [1.54, 1.807) is 18.2 Å². The molecule has 0 spiro atoms. The van der Waals surface area contributed by atoms with Crippen LogP contribution in [0, 0.1) is 0 Å². The van der Waals surface area contributed by atoms with Gasteiger partial charge in [0.25, 0.3) is 5.56 Å². The number of halogens is 2. The van der Waals surface area contributed by atoms with Gasteiger partial charge in [-0.05, 0) is 17.7 Å². The van der Waals surface area contributed by atoms with E-state index in [0.29, 0.717) is 5.56 Å². The minimum atomic E-state index is -0.411. The molecule has 1 aromatic heterocycles. The highest BCUT2D eigenvalue weighted by Crippen LogP contribution is 2.25. The van der Waals surface area contributed by atoms with E-state index in [4.69, 9.17) is 11.6 Å². The Balaban J connectivity index is 2.64. The topological polar surface area (TPSA) is 66.0 Å². The van der Waals surface area contributed by atoms with Gasteiger partial charge < -0.3 is 10.1 Å². The molecular weight excluding hydrogens is 307 g/mol. The molecule has 2 N–H and O–H groups in total. The lowest BCUT2D eigenvalue weighted by molar-refractivity contribution is 0.451. The van der Waals surface area contributed by atoms with Crippen LogP contribution in [0.25, 0.3) is 11.1 Å². The summed E-state index contributed by atoms with van der Waals surface area (Å²) in [5.41, 5.74) is 0.318. The van der Waals surface area contributed by atoms with E-state index in [2.05, 4.69) is 25.9 Å². The summed E-state index contributed by atoms with van der Waals surface area (Å²) in [6.45, 7) is 0. The van der Waals surface area contributed by atoms with Crippen molar-refractivity contribution in [3.63, 3.8) is 0 Å². The van der Waals surface area contributed by atoms with Crippen molar-refractivity contribution in [1.82, 2.24) is 9.97 Å². The van der Waals surface area contributed by atoms with Crippen LogP contribution in [0.1, 0.15) is 5.82 Å². The summed E-state index contributed by atoms with van der Waals surface area (Å²) in [6, 6.07) is 7.05. The van der Waals surface area contributed by atoms with Crippen molar-refractivity contribution < 1.29 is 5.11 Å². The van der Waals surface area contributed by atoms with Crippen LogP contribution in [-0.4, -0.2) is 15.1 Å². The van der Waals surface area contributed by atoms with Gasteiger partial charge in [0.15, 0.2) is 0 Å². The van der Waals surface area contributed by atoms with Crippen molar-refractivity contribution in [3.05, 3.63) is 44.9 Å². The molecule has 0 saturated heterocycles. The lowest BCUT2D eigenvalue weighted by atomic mass is 10.1. The molecule has 0 atom stereocenters. The fourth-order valence-corrected chi connectivity index (χ4v) is 2.00. The SMILES string of the molecule is O=c1[nH]c(CCl)nc(O)c1-c1cccc(Br)c1. The highest BCUT2D eigenvalue weighted by Gasteiger charge is 2.12. The standard InChI is InChI=1S/C11H8BrClN2O2/c12-7-3-1-2-6(4-7)9-10(16)14-8(5-13)15-11(9)17/h1-4H,5H2,(H2,14,15,16,17). The summed E-state index contributed by atoms with van der Waals surface area (Å²) in [5, 5.41) is 9.74. The van der Waals surface area contributed by atoms with E-state index < -0.39 is 5.56 Å². The number of aromatic nitrogens is 2. The van der Waals surface area contributed by atoms with Crippen LogP contribution in [0.3, 0.4) is 0 Å². The van der Waals surface area contributed by atoms with E-state index in [1.807, 2.05) is 6.07 Å². The summed E-state index contributed by atoms with van der Waals surface area (Å²) in [4.78, 5) is 18.1. The van der Waals surface area contributed by atoms with Crippen molar-refractivity contribution in [1.29, 1.82) is 0 Å². The molecule has 88 valence electrons. The molecule has 4 nitrogen and oxygen atoms in total. The van der Waals surface area contributed by atoms with Gasteiger partial charge in [0, 0.05) is 4.47 Å². The second-order valence-corrected chi connectivity index (χ2v) is 4.54. The third kappa shape index (κ3) is 2.50. The van der Waals surface area contributed by atoms with Gasteiger partial charge in [-0.15, -0.1) is 11.6 Å². The van der Waals surface area contributed by atoms with E-state index in [1.165, 1.54) is 0 Å². The van der Waals surface area contributed by atoms with E-state index in [0.717, 1.165) is 4.47 Å². The number of benzene rings is 1. The molecular formula is C11H8BrClN2O2. The molecule has 6 heteroatoms. The lowest BCUT2D eigenvalue weighted by Crippen LogP contribution is -2.13. The van der Waals surface area contributed by atoms with E-state index in [9.17, 15) is 9.90 Å². The van der Waals surface area contributed by atoms with Crippen LogP contribution in [0.5, 0.6) is 5.88 Å². The molecule has 17 heavy (non-hydrogen) atoms. The molecule has 0 unspecified atom stereocenters. The van der Waals surface area contributed by atoms with Crippen LogP contribution in [0.4, 0.5) is 0 Å². The monoisotopic (exact) mass is 314 g/mol. The molecule has 0 fully saturated rings. The Kier molecular flexibility index (Phi) is 3.49. The zero-order chi connectivity index (χ0) is 12.4. The second-order valence-electron chi connectivity index (χ2n) is 3.36. The van der Waals surface area contributed by atoms with Crippen molar-refractivity contribution in [2.45, 2.75) is 5.88 Å². The van der Waals surface area contributed by atoms with Crippen LogP contribution in [0.15, 0.2) is 33.5 Å². The molecule has 2 rings (SSSR count). The number of rotatable bonds is 2. The molecule has 1 aromatic carbocycles. The summed E-state index contributed by atoms with van der Waals surface area (Å²) in [7, 11) is 0. The highest BCUT2D eigenvalue weighted by molar-refractivity contribution is 9.10. The summed E-state index contributed by atoms with van der Waals surface area (Å²) in [6.07, 6.45) is 0. The smallest absolute Gasteiger partial charge is 0.262 e. The first-order chi connectivity index (χ1) is 8.11. The molecule has 0 amide bonds. The quantitative estimate of drug-likeness (QED) is 0.837. The van der Waals surface area contributed by atoms with Crippen molar-refractivity contribution in [3.8, 4) is 17.0 Å². The third-order valence-electron chi connectivity index (χ3n) is 2.19. The molecule has 0 bridgehead atoms. The normalized spacial score (nSPS) is 10.5. The number of alkyl halides is 1. The number of aromatic amines is 1. The summed E-state index contributed by atoms with van der Waals surface area (Å²) in [5.74, 6) is -0.0305. The maximum atomic E-state index is 11.8. The molecule has 0 aliphatic heterocycles. The van der Waals surface area contributed by atoms with Gasteiger partial charge in [0.05, 0.1) is 5.88 Å². The Labute approximate surface area is 110 Å². The predicted octanol–water partition coefficient (Wildman–Crippen LogP) is 2.64. The summed E-state index contributed by atoms with van der Waals surface area (Å²) >= 11 is 8.84. The van der Waals surface area contributed by atoms with Gasteiger partial charge in [0.1, 0.15) is 11.4 Å². The minimum absolute atomic E-state index is 0.0432. The van der Waals surface area contributed by atoms with E-state index in [-0.39, 0.29) is 23.1 Å². The average Bonchev–Trinajstić information content (AvgIpc) is 2.28. The van der Waals surface area contributed by atoms with Crippen molar-refractivity contribution in [2.24, 2.45) is 0 Å². The number of nitrogens with zero attached hydrogens (tertiary/aromatic N) is 1. The van der Waals surface area contributed by atoms with Gasteiger partial charge in [-0.3, -0.25) is 4.79 Å². The maximum Gasteiger partial charge on any atom is 0.262 e. The summed E-state index contributed by atoms with van der Waals surface area (Å²) < 4.78 is 0.815. The lowest BCUT2D eigenvalue weighted by Gasteiger charge is -2.04. The fourth-order valence-electron chi connectivity index (χ4n) is 1.47. The fraction of sp³-hybridized carbons (Fsp3) is 0.0909. The predicted molar refractivity (Wildman–Crippen MR) is 69.2 cm³/mol. The maximum absolute atomic E-state index is 11.8. The zero-order valence-electron chi connectivity index (χ0n) is 8.58. The molecule has 1 heterocycles. The molecule has 0 radical (unpaired) electrons. The number of hydrogen-bond donors (Lipinski definition) is 2. The molecule has 0 aliphatic rings. The van der Waals surface area contributed by atoms with Gasteiger partial charge in [-0.1, -0.05) is 28.1 Å². The first kappa shape index (κ1) is 12.1. The van der Waals surface area contributed by atoms with Gasteiger partial charge in [-0.25, -0.2) is 0 Å². The zero-order valence-corrected chi connectivity index (χ0v) is 10.9. The van der Waals surface area contributed by atoms with Crippen LogP contribution in [-0.2, 0) is 5.88 Å². The largest absolute Gasteiger partial charge is 0.493 e. The minimum Gasteiger partial charge on any atom is -0.493 e.